The van der Waals surface area contributed by atoms with Crippen LogP contribution in [0.2, 0.25) is 0 Å². The highest BCUT2D eigenvalue weighted by Crippen LogP contribution is 1.96. The number of urea groups is 1. The van der Waals surface area contributed by atoms with Crippen molar-refractivity contribution in [3.8, 4) is 0 Å². The van der Waals surface area contributed by atoms with Gasteiger partial charge in [-0.2, -0.15) is 0 Å². The molecule has 0 saturated heterocycles. The maximum atomic E-state index is 11.3. The summed E-state index contributed by atoms with van der Waals surface area (Å²) in [7, 11) is 0. The number of benzene rings is 1. The van der Waals surface area contributed by atoms with Crippen molar-refractivity contribution in [3.05, 3.63) is 47.5 Å². The number of nitrogens with one attached hydrogen (secondary N) is 2. The Morgan fingerprint density at radius 3 is 2.50 bits per heavy atom. The van der Waals surface area contributed by atoms with Gasteiger partial charge in [-0.1, -0.05) is 42.0 Å². The number of rotatable bonds is 4. The molecule has 0 unspecified atom stereocenters. The van der Waals surface area contributed by atoms with Crippen molar-refractivity contribution in [2.45, 2.75) is 20.4 Å². The topological polar surface area (TPSA) is 41.1 Å². The van der Waals surface area contributed by atoms with E-state index in [1.54, 1.807) is 0 Å². The molecule has 16 heavy (non-hydrogen) atoms. The number of allylic oxidation sites excluding steroid dienone is 1. The number of amides is 2. The minimum Gasteiger partial charge on any atom is -0.335 e. The van der Waals surface area contributed by atoms with Gasteiger partial charge in [0.05, 0.1) is 0 Å². The van der Waals surface area contributed by atoms with E-state index in [0.29, 0.717) is 13.1 Å². The summed E-state index contributed by atoms with van der Waals surface area (Å²) in [5.41, 5.74) is 2.29. The molecule has 0 aromatic heterocycles. The van der Waals surface area contributed by atoms with Crippen LogP contribution in [-0.2, 0) is 6.54 Å². The molecule has 1 aromatic carbocycles. The second kappa shape index (κ2) is 6.67. The molecule has 3 heteroatoms. The van der Waals surface area contributed by atoms with E-state index >= 15 is 0 Å². The highest BCUT2D eigenvalue weighted by molar-refractivity contribution is 5.73. The van der Waals surface area contributed by atoms with E-state index in [4.69, 9.17) is 0 Å². The van der Waals surface area contributed by atoms with Crippen LogP contribution >= 0.6 is 0 Å². The number of hydrogen-bond acceptors (Lipinski definition) is 1. The molecule has 0 aliphatic carbocycles. The predicted molar refractivity (Wildman–Crippen MR) is 66.1 cm³/mol. The lowest BCUT2D eigenvalue weighted by Crippen LogP contribution is -2.35. The Kier molecular flexibility index (Phi) is 5.12. The van der Waals surface area contributed by atoms with Crippen LogP contribution in [0.3, 0.4) is 0 Å². The summed E-state index contributed by atoms with van der Waals surface area (Å²) >= 11 is 0. The Balaban J connectivity index is 2.23. The summed E-state index contributed by atoms with van der Waals surface area (Å²) in [6.45, 7) is 5.14. The molecule has 86 valence electrons. The average Bonchev–Trinajstić information content (AvgIpc) is 2.27. The molecule has 0 bridgehead atoms. The van der Waals surface area contributed by atoms with E-state index < -0.39 is 0 Å². The van der Waals surface area contributed by atoms with E-state index in [9.17, 15) is 4.79 Å². The van der Waals surface area contributed by atoms with E-state index in [0.717, 1.165) is 5.56 Å². The van der Waals surface area contributed by atoms with E-state index in [-0.39, 0.29) is 6.03 Å². The fourth-order valence-electron chi connectivity index (χ4n) is 1.19. The monoisotopic (exact) mass is 218 g/mol. The first kappa shape index (κ1) is 12.3. The van der Waals surface area contributed by atoms with Gasteiger partial charge in [-0.3, -0.25) is 0 Å². The van der Waals surface area contributed by atoms with Crippen LogP contribution in [0.4, 0.5) is 4.79 Å². The Morgan fingerprint density at radius 1 is 1.19 bits per heavy atom. The molecule has 0 heterocycles. The van der Waals surface area contributed by atoms with Crippen LogP contribution < -0.4 is 10.6 Å². The van der Waals surface area contributed by atoms with Gasteiger partial charge in [0, 0.05) is 13.1 Å². The third kappa shape index (κ3) is 5.20. The third-order valence-corrected chi connectivity index (χ3v) is 2.07. The summed E-state index contributed by atoms with van der Waals surface area (Å²) in [6, 6.07) is 9.70. The van der Waals surface area contributed by atoms with Gasteiger partial charge in [-0.05, 0) is 19.4 Å². The molecule has 0 radical (unpaired) electrons. The molecular formula is C13H18N2O. The summed E-state index contributed by atoms with van der Waals surface area (Å²) < 4.78 is 0. The zero-order chi connectivity index (χ0) is 11.8. The molecule has 1 rings (SSSR count). The average molecular weight is 218 g/mol. The van der Waals surface area contributed by atoms with Crippen molar-refractivity contribution in [2.75, 3.05) is 6.54 Å². The zero-order valence-electron chi connectivity index (χ0n) is 9.79. The highest BCUT2D eigenvalue weighted by Gasteiger charge is 1.97. The van der Waals surface area contributed by atoms with E-state index in [1.165, 1.54) is 5.57 Å². The lowest BCUT2D eigenvalue weighted by Gasteiger charge is -2.05. The first-order valence-electron chi connectivity index (χ1n) is 5.37. The Labute approximate surface area is 96.6 Å². The van der Waals surface area contributed by atoms with Gasteiger partial charge < -0.3 is 10.6 Å². The van der Waals surface area contributed by atoms with Gasteiger partial charge in [0.2, 0.25) is 0 Å². The van der Waals surface area contributed by atoms with Gasteiger partial charge in [-0.15, -0.1) is 0 Å². The lowest BCUT2D eigenvalue weighted by molar-refractivity contribution is 0.241. The van der Waals surface area contributed by atoms with Crippen LogP contribution in [0.15, 0.2) is 42.0 Å². The second-order valence-corrected chi connectivity index (χ2v) is 3.83. The Bertz CT molecular complexity index is 353. The Hall–Kier alpha value is -1.77. The molecule has 0 aliphatic heterocycles. The van der Waals surface area contributed by atoms with Gasteiger partial charge in [0.1, 0.15) is 0 Å². The Morgan fingerprint density at radius 2 is 1.88 bits per heavy atom. The molecule has 2 amide bonds. The van der Waals surface area contributed by atoms with Crippen LogP contribution in [0.1, 0.15) is 19.4 Å². The van der Waals surface area contributed by atoms with Gasteiger partial charge >= 0.3 is 6.03 Å². The quantitative estimate of drug-likeness (QED) is 0.749. The summed E-state index contributed by atoms with van der Waals surface area (Å²) in [6.07, 6.45) is 1.97. The summed E-state index contributed by atoms with van der Waals surface area (Å²) in [4.78, 5) is 11.3. The van der Waals surface area contributed by atoms with Crippen LogP contribution in [-0.4, -0.2) is 12.6 Å². The van der Waals surface area contributed by atoms with Gasteiger partial charge in [0.25, 0.3) is 0 Å². The number of hydrogen-bond donors (Lipinski definition) is 2. The minimum atomic E-state index is -0.138. The van der Waals surface area contributed by atoms with Crippen molar-refractivity contribution in [2.24, 2.45) is 0 Å². The van der Waals surface area contributed by atoms with Crippen molar-refractivity contribution < 1.29 is 4.79 Å². The molecular weight excluding hydrogens is 200 g/mol. The van der Waals surface area contributed by atoms with E-state index in [2.05, 4.69) is 10.6 Å². The first-order chi connectivity index (χ1) is 7.68. The number of carbonyl (C=O) groups excluding carboxylic acids is 1. The van der Waals surface area contributed by atoms with Crippen molar-refractivity contribution >= 4 is 6.03 Å². The molecule has 1 aromatic rings. The minimum absolute atomic E-state index is 0.138. The fraction of sp³-hybridized carbons (Fsp3) is 0.308. The molecule has 2 N–H and O–H groups in total. The largest absolute Gasteiger partial charge is 0.335 e. The summed E-state index contributed by atoms with van der Waals surface area (Å²) in [5, 5.41) is 5.55. The molecule has 0 aliphatic rings. The molecule has 0 atom stereocenters. The highest BCUT2D eigenvalue weighted by atomic mass is 16.2. The molecule has 0 saturated carbocycles. The van der Waals surface area contributed by atoms with Crippen LogP contribution in [0.25, 0.3) is 0 Å². The number of carbonyl (C=O) groups is 1. The zero-order valence-corrected chi connectivity index (χ0v) is 9.79. The second-order valence-electron chi connectivity index (χ2n) is 3.83. The van der Waals surface area contributed by atoms with Crippen LogP contribution in [0, 0.1) is 0 Å². The third-order valence-electron chi connectivity index (χ3n) is 2.07. The van der Waals surface area contributed by atoms with Crippen LogP contribution in [0.5, 0.6) is 0 Å². The smallest absolute Gasteiger partial charge is 0.315 e. The maximum Gasteiger partial charge on any atom is 0.315 e. The SMILES string of the molecule is CC(C)=CCNC(=O)NCc1ccccc1. The standard InChI is InChI=1S/C13H18N2O/c1-11(2)8-9-14-13(16)15-10-12-6-4-3-5-7-12/h3-8H,9-10H2,1-2H3,(H2,14,15,16). The molecule has 0 fully saturated rings. The predicted octanol–water partition coefficient (Wildman–Crippen LogP) is 2.45. The normalized spacial score (nSPS) is 9.38. The van der Waals surface area contributed by atoms with Gasteiger partial charge in [-0.25, -0.2) is 4.79 Å². The fourth-order valence-corrected chi connectivity index (χ4v) is 1.19. The van der Waals surface area contributed by atoms with Crippen molar-refractivity contribution in [1.82, 2.24) is 10.6 Å². The van der Waals surface area contributed by atoms with Crippen molar-refractivity contribution in [3.63, 3.8) is 0 Å². The van der Waals surface area contributed by atoms with Crippen molar-refractivity contribution in [1.29, 1.82) is 0 Å². The van der Waals surface area contributed by atoms with E-state index in [1.807, 2.05) is 50.3 Å². The molecule has 3 nitrogen and oxygen atoms in total. The lowest BCUT2D eigenvalue weighted by atomic mass is 10.2. The summed E-state index contributed by atoms with van der Waals surface area (Å²) in [5.74, 6) is 0. The molecule has 0 spiro atoms. The maximum absolute atomic E-state index is 11.3. The van der Waals surface area contributed by atoms with Gasteiger partial charge in [0.15, 0.2) is 0 Å². The first-order valence-corrected chi connectivity index (χ1v) is 5.37.